The maximum Gasteiger partial charge on any atom is 0.0826 e. The number of para-hydroxylation sites is 1. The van der Waals surface area contributed by atoms with Gasteiger partial charge >= 0.3 is 0 Å². The summed E-state index contributed by atoms with van der Waals surface area (Å²) in [6, 6.07) is 8.34. The number of anilines is 1. The van der Waals surface area contributed by atoms with Crippen LogP contribution in [-0.4, -0.2) is 18.2 Å². The maximum absolute atomic E-state index is 10.1. The molecule has 0 aromatic heterocycles. The fourth-order valence-corrected chi connectivity index (χ4v) is 3.28. The van der Waals surface area contributed by atoms with Crippen LogP contribution >= 0.6 is 0 Å². The Bertz CT molecular complexity index is 404. The summed E-state index contributed by atoms with van der Waals surface area (Å²) in [5.41, 5.74) is 2.36. The van der Waals surface area contributed by atoms with Crippen molar-refractivity contribution in [1.29, 1.82) is 0 Å². The fourth-order valence-electron chi connectivity index (χ4n) is 3.28. The molecule has 0 spiro atoms. The van der Waals surface area contributed by atoms with Gasteiger partial charge in [-0.15, -0.1) is 0 Å². The molecule has 1 aliphatic heterocycles. The number of fused-ring (bicyclic) bond motifs is 1. The van der Waals surface area contributed by atoms with Gasteiger partial charge in [0.1, 0.15) is 0 Å². The van der Waals surface area contributed by atoms with E-state index in [9.17, 15) is 5.11 Å². The highest BCUT2D eigenvalue weighted by Gasteiger charge is 2.22. The average molecular weight is 289 g/mol. The van der Waals surface area contributed by atoms with Gasteiger partial charge in [0.15, 0.2) is 0 Å². The van der Waals surface area contributed by atoms with Crippen molar-refractivity contribution in [3.63, 3.8) is 0 Å². The molecule has 0 aliphatic carbocycles. The van der Waals surface area contributed by atoms with Crippen LogP contribution in [0.2, 0.25) is 0 Å². The van der Waals surface area contributed by atoms with Crippen molar-refractivity contribution in [1.82, 2.24) is 0 Å². The van der Waals surface area contributed by atoms with Gasteiger partial charge in [-0.3, -0.25) is 0 Å². The Kier molecular flexibility index (Phi) is 7.08. The largest absolute Gasteiger partial charge is 0.388 e. The molecule has 21 heavy (non-hydrogen) atoms. The SMILES string of the molecule is CCCCCCCCCCN1CCC(O)c2ccccc21. The van der Waals surface area contributed by atoms with Crippen LogP contribution in [-0.2, 0) is 0 Å². The lowest BCUT2D eigenvalue weighted by Gasteiger charge is -2.33. The molecule has 2 rings (SSSR count). The summed E-state index contributed by atoms with van der Waals surface area (Å²) in [6.07, 6.45) is 11.5. The van der Waals surface area contributed by atoms with Gasteiger partial charge in [0.2, 0.25) is 0 Å². The van der Waals surface area contributed by atoms with Gasteiger partial charge in [-0.05, 0) is 18.9 Å². The molecule has 2 heteroatoms. The van der Waals surface area contributed by atoms with Crippen LogP contribution < -0.4 is 4.90 Å². The third-order valence-electron chi connectivity index (χ3n) is 4.59. The smallest absolute Gasteiger partial charge is 0.0826 e. The summed E-state index contributed by atoms with van der Waals surface area (Å²) < 4.78 is 0. The molecule has 0 amide bonds. The van der Waals surface area contributed by atoms with Crippen molar-refractivity contribution in [2.24, 2.45) is 0 Å². The number of aliphatic hydroxyl groups is 1. The third kappa shape index (κ3) is 5.03. The van der Waals surface area contributed by atoms with E-state index in [-0.39, 0.29) is 6.10 Å². The van der Waals surface area contributed by atoms with Crippen molar-refractivity contribution in [2.75, 3.05) is 18.0 Å². The number of hydrogen-bond donors (Lipinski definition) is 1. The zero-order valence-electron chi connectivity index (χ0n) is 13.6. The van der Waals surface area contributed by atoms with Crippen LogP contribution in [0.4, 0.5) is 5.69 Å². The minimum Gasteiger partial charge on any atom is -0.388 e. The molecular weight excluding hydrogens is 258 g/mol. The van der Waals surface area contributed by atoms with Crippen molar-refractivity contribution in [3.05, 3.63) is 29.8 Å². The van der Waals surface area contributed by atoms with Crippen LogP contribution in [0.15, 0.2) is 24.3 Å². The van der Waals surface area contributed by atoms with Gasteiger partial charge in [-0.1, -0.05) is 70.1 Å². The molecule has 1 atom stereocenters. The van der Waals surface area contributed by atoms with E-state index in [1.165, 1.54) is 57.1 Å². The number of nitrogens with zero attached hydrogens (tertiary/aromatic N) is 1. The Balaban J connectivity index is 1.66. The molecule has 2 nitrogen and oxygen atoms in total. The summed E-state index contributed by atoms with van der Waals surface area (Å²) in [5, 5.41) is 10.1. The van der Waals surface area contributed by atoms with E-state index < -0.39 is 0 Å². The summed E-state index contributed by atoms with van der Waals surface area (Å²) >= 11 is 0. The van der Waals surface area contributed by atoms with Gasteiger partial charge in [-0.25, -0.2) is 0 Å². The Labute approximate surface area is 130 Å². The van der Waals surface area contributed by atoms with Crippen molar-refractivity contribution >= 4 is 5.69 Å². The predicted octanol–water partition coefficient (Wildman–Crippen LogP) is 5.07. The van der Waals surface area contributed by atoms with Crippen LogP contribution in [0, 0.1) is 0 Å². The minimum absolute atomic E-state index is 0.268. The van der Waals surface area contributed by atoms with E-state index in [1.54, 1.807) is 0 Å². The second-order valence-corrected chi connectivity index (χ2v) is 6.33. The Hall–Kier alpha value is -1.02. The van der Waals surface area contributed by atoms with Crippen molar-refractivity contribution < 1.29 is 5.11 Å². The normalized spacial score (nSPS) is 17.8. The summed E-state index contributed by atoms with van der Waals surface area (Å²) in [5.74, 6) is 0. The highest BCUT2D eigenvalue weighted by molar-refractivity contribution is 5.56. The first-order valence-corrected chi connectivity index (χ1v) is 8.85. The third-order valence-corrected chi connectivity index (χ3v) is 4.59. The van der Waals surface area contributed by atoms with E-state index in [1.807, 2.05) is 6.07 Å². The average Bonchev–Trinajstić information content (AvgIpc) is 2.52. The van der Waals surface area contributed by atoms with Gasteiger partial charge in [0.25, 0.3) is 0 Å². The molecule has 118 valence electrons. The molecule has 0 saturated heterocycles. The first-order chi connectivity index (χ1) is 10.3. The van der Waals surface area contributed by atoms with Crippen LogP contribution in [0.25, 0.3) is 0 Å². The maximum atomic E-state index is 10.1. The fraction of sp³-hybridized carbons (Fsp3) is 0.684. The standard InChI is InChI=1S/C19H31NO/c1-2-3-4-5-6-7-8-11-15-20-16-14-19(21)17-12-9-10-13-18(17)20/h9-10,12-13,19,21H,2-8,11,14-16H2,1H3. The quantitative estimate of drug-likeness (QED) is 0.641. The number of benzene rings is 1. The first-order valence-electron chi connectivity index (χ1n) is 8.85. The number of aliphatic hydroxyl groups excluding tert-OH is 1. The Morgan fingerprint density at radius 2 is 1.67 bits per heavy atom. The molecule has 1 aromatic carbocycles. The van der Waals surface area contributed by atoms with Crippen LogP contribution in [0.1, 0.15) is 76.4 Å². The predicted molar refractivity (Wildman–Crippen MR) is 90.8 cm³/mol. The summed E-state index contributed by atoms with van der Waals surface area (Å²) in [6.45, 7) is 4.40. The van der Waals surface area contributed by atoms with Crippen molar-refractivity contribution in [2.45, 2.75) is 70.8 Å². The zero-order chi connectivity index (χ0) is 14.9. The summed E-state index contributed by atoms with van der Waals surface area (Å²) in [4.78, 5) is 2.46. The van der Waals surface area contributed by atoms with Crippen LogP contribution in [0.3, 0.4) is 0 Å². The number of rotatable bonds is 9. The Morgan fingerprint density at radius 1 is 1.00 bits per heavy atom. The molecular formula is C19H31NO. The Morgan fingerprint density at radius 3 is 2.43 bits per heavy atom. The van der Waals surface area contributed by atoms with E-state index in [0.29, 0.717) is 0 Å². The molecule has 0 radical (unpaired) electrons. The number of unbranched alkanes of at least 4 members (excludes halogenated alkanes) is 7. The molecule has 1 N–H and O–H groups in total. The highest BCUT2D eigenvalue weighted by atomic mass is 16.3. The first kappa shape index (κ1) is 16.4. The second-order valence-electron chi connectivity index (χ2n) is 6.33. The van der Waals surface area contributed by atoms with Gasteiger partial charge in [0, 0.05) is 24.3 Å². The summed E-state index contributed by atoms with van der Waals surface area (Å²) in [7, 11) is 0. The topological polar surface area (TPSA) is 23.5 Å². The molecule has 1 aliphatic rings. The monoisotopic (exact) mass is 289 g/mol. The van der Waals surface area contributed by atoms with Gasteiger partial charge in [0.05, 0.1) is 6.10 Å². The molecule has 0 fully saturated rings. The zero-order valence-corrected chi connectivity index (χ0v) is 13.6. The van der Waals surface area contributed by atoms with Gasteiger partial charge in [-0.2, -0.15) is 0 Å². The van der Waals surface area contributed by atoms with Gasteiger partial charge < -0.3 is 10.0 Å². The van der Waals surface area contributed by atoms with E-state index in [0.717, 1.165) is 25.1 Å². The van der Waals surface area contributed by atoms with E-state index >= 15 is 0 Å². The van der Waals surface area contributed by atoms with E-state index in [4.69, 9.17) is 0 Å². The lowest BCUT2D eigenvalue weighted by molar-refractivity contribution is 0.164. The second kappa shape index (κ2) is 9.09. The lowest BCUT2D eigenvalue weighted by Crippen LogP contribution is -2.32. The lowest BCUT2D eigenvalue weighted by atomic mass is 9.98. The van der Waals surface area contributed by atoms with Crippen molar-refractivity contribution in [3.8, 4) is 0 Å². The minimum atomic E-state index is -0.268. The molecule has 1 unspecified atom stereocenters. The molecule has 1 aromatic rings. The number of hydrogen-bond acceptors (Lipinski definition) is 2. The van der Waals surface area contributed by atoms with Crippen LogP contribution in [0.5, 0.6) is 0 Å². The molecule has 0 bridgehead atoms. The highest BCUT2D eigenvalue weighted by Crippen LogP contribution is 2.33. The molecule has 1 heterocycles. The van der Waals surface area contributed by atoms with E-state index in [2.05, 4.69) is 30.0 Å². The molecule has 0 saturated carbocycles.